The standard InChI is InChI=1S/C13H25O/c1-4-5-6-7-8-9-10-13(14)11-12(2)3/h12H,1,4-11H2,2-3H3. The van der Waals surface area contributed by atoms with Gasteiger partial charge in [-0.3, -0.25) is 4.79 Å². The average molecular weight is 197 g/mol. The van der Waals surface area contributed by atoms with Crippen LogP contribution in [0, 0.1) is 12.8 Å². The van der Waals surface area contributed by atoms with Crippen molar-refractivity contribution in [2.24, 2.45) is 5.92 Å². The van der Waals surface area contributed by atoms with Crippen molar-refractivity contribution in [3.8, 4) is 0 Å². The molecule has 14 heavy (non-hydrogen) atoms. The third-order valence-corrected chi connectivity index (χ3v) is 2.34. The maximum absolute atomic E-state index is 11.3. The first-order chi connectivity index (χ1) is 6.66. The summed E-state index contributed by atoms with van der Waals surface area (Å²) in [6.45, 7) is 8.02. The summed E-state index contributed by atoms with van der Waals surface area (Å²) in [7, 11) is 0. The minimum Gasteiger partial charge on any atom is -0.300 e. The highest BCUT2D eigenvalue weighted by molar-refractivity contribution is 5.78. The van der Waals surface area contributed by atoms with E-state index in [1.165, 1.54) is 25.7 Å². The Hall–Kier alpha value is -0.330. The molecule has 0 aliphatic heterocycles. The molecule has 0 aromatic rings. The third-order valence-electron chi connectivity index (χ3n) is 2.34. The highest BCUT2D eigenvalue weighted by Gasteiger charge is 2.03. The van der Waals surface area contributed by atoms with Gasteiger partial charge >= 0.3 is 0 Å². The number of hydrogen-bond donors (Lipinski definition) is 0. The maximum atomic E-state index is 11.3. The largest absolute Gasteiger partial charge is 0.300 e. The van der Waals surface area contributed by atoms with Gasteiger partial charge in [-0.05, 0) is 12.3 Å². The zero-order chi connectivity index (χ0) is 10.8. The van der Waals surface area contributed by atoms with Crippen molar-refractivity contribution >= 4 is 5.78 Å². The van der Waals surface area contributed by atoms with Crippen LogP contribution in [0.5, 0.6) is 0 Å². The van der Waals surface area contributed by atoms with Crippen LogP contribution in [0.15, 0.2) is 0 Å². The second-order valence-corrected chi connectivity index (χ2v) is 4.51. The van der Waals surface area contributed by atoms with Crippen molar-refractivity contribution in [3.05, 3.63) is 6.92 Å². The molecule has 0 saturated heterocycles. The lowest BCUT2D eigenvalue weighted by atomic mass is 10.0. The van der Waals surface area contributed by atoms with Gasteiger partial charge in [0.2, 0.25) is 0 Å². The molecule has 1 heteroatoms. The molecule has 1 nitrogen and oxygen atoms in total. The predicted octanol–water partition coefficient (Wildman–Crippen LogP) is 4.17. The van der Waals surface area contributed by atoms with Crippen LogP contribution >= 0.6 is 0 Å². The summed E-state index contributed by atoms with van der Waals surface area (Å²) in [5.41, 5.74) is 0. The summed E-state index contributed by atoms with van der Waals surface area (Å²) in [5.74, 6) is 0.964. The fourth-order valence-electron chi connectivity index (χ4n) is 1.59. The van der Waals surface area contributed by atoms with Crippen LogP contribution in [-0.2, 0) is 4.79 Å². The van der Waals surface area contributed by atoms with Crippen molar-refractivity contribution in [2.75, 3.05) is 0 Å². The Morgan fingerprint density at radius 3 is 2.21 bits per heavy atom. The summed E-state index contributed by atoms with van der Waals surface area (Å²) in [6.07, 6.45) is 8.69. The molecule has 0 aromatic heterocycles. The third kappa shape index (κ3) is 9.76. The van der Waals surface area contributed by atoms with Crippen LogP contribution in [0.4, 0.5) is 0 Å². The van der Waals surface area contributed by atoms with Crippen molar-refractivity contribution in [3.63, 3.8) is 0 Å². The Labute approximate surface area is 89.3 Å². The molecule has 1 radical (unpaired) electrons. The van der Waals surface area contributed by atoms with E-state index in [0.29, 0.717) is 11.7 Å². The number of rotatable bonds is 9. The number of hydrogen-bond acceptors (Lipinski definition) is 1. The lowest BCUT2D eigenvalue weighted by molar-refractivity contribution is -0.119. The second-order valence-electron chi connectivity index (χ2n) is 4.51. The van der Waals surface area contributed by atoms with Crippen LogP contribution in [0.3, 0.4) is 0 Å². The first kappa shape index (κ1) is 13.7. The fourth-order valence-corrected chi connectivity index (χ4v) is 1.59. The SMILES string of the molecule is [CH2]CCCCCCCC(=O)CC(C)C. The Balaban J connectivity index is 3.15. The minimum atomic E-state index is 0.442. The second kappa shape index (κ2) is 9.23. The fraction of sp³-hybridized carbons (Fsp3) is 0.846. The zero-order valence-corrected chi connectivity index (χ0v) is 9.85. The smallest absolute Gasteiger partial charge is 0.133 e. The number of ketones is 1. The first-order valence-electron chi connectivity index (χ1n) is 5.97. The van der Waals surface area contributed by atoms with E-state index in [2.05, 4.69) is 20.8 Å². The first-order valence-corrected chi connectivity index (χ1v) is 5.97. The summed E-state index contributed by atoms with van der Waals surface area (Å²) >= 11 is 0. The van der Waals surface area contributed by atoms with Gasteiger partial charge in [-0.1, -0.05) is 52.9 Å². The highest BCUT2D eigenvalue weighted by atomic mass is 16.1. The molecule has 0 aromatic carbocycles. The quantitative estimate of drug-likeness (QED) is 0.507. The van der Waals surface area contributed by atoms with Crippen molar-refractivity contribution < 1.29 is 4.79 Å². The normalized spacial score (nSPS) is 10.9. The molecule has 83 valence electrons. The van der Waals surface area contributed by atoms with Crippen LogP contribution in [0.1, 0.15) is 65.2 Å². The van der Waals surface area contributed by atoms with E-state index in [4.69, 9.17) is 0 Å². The summed E-state index contributed by atoms with van der Waals surface area (Å²) in [6, 6.07) is 0. The van der Waals surface area contributed by atoms with Gasteiger partial charge in [0, 0.05) is 12.8 Å². The number of carbonyl (C=O) groups is 1. The minimum absolute atomic E-state index is 0.442. The number of unbranched alkanes of at least 4 members (excludes halogenated alkanes) is 5. The van der Waals surface area contributed by atoms with Crippen LogP contribution < -0.4 is 0 Å². The van der Waals surface area contributed by atoms with E-state index in [1.807, 2.05) is 0 Å². The molecule has 0 rings (SSSR count). The zero-order valence-electron chi connectivity index (χ0n) is 9.85. The molecule has 0 aliphatic carbocycles. The van der Waals surface area contributed by atoms with Gasteiger partial charge in [-0.15, -0.1) is 0 Å². The Bertz CT molecular complexity index is 138. The lowest BCUT2D eigenvalue weighted by Gasteiger charge is -2.03. The van der Waals surface area contributed by atoms with E-state index in [-0.39, 0.29) is 0 Å². The van der Waals surface area contributed by atoms with Crippen molar-refractivity contribution in [2.45, 2.75) is 65.2 Å². The molecule has 0 bridgehead atoms. The highest BCUT2D eigenvalue weighted by Crippen LogP contribution is 2.09. The van der Waals surface area contributed by atoms with E-state index in [0.717, 1.165) is 25.7 Å². The Morgan fingerprint density at radius 1 is 1.07 bits per heavy atom. The molecule has 0 aliphatic rings. The van der Waals surface area contributed by atoms with E-state index >= 15 is 0 Å². The lowest BCUT2D eigenvalue weighted by Crippen LogP contribution is -2.02. The molecule has 0 spiro atoms. The molecular formula is C13H25O. The van der Waals surface area contributed by atoms with Crippen LogP contribution in [0.2, 0.25) is 0 Å². The van der Waals surface area contributed by atoms with Gasteiger partial charge in [0.15, 0.2) is 0 Å². The molecule has 0 heterocycles. The summed E-state index contributed by atoms with van der Waals surface area (Å²) < 4.78 is 0. The van der Waals surface area contributed by atoms with Gasteiger partial charge in [0.25, 0.3) is 0 Å². The molecule has 0 unspecified atom stereocenters. The Morgan fingerprint density at radius 2 is 1.64 bits per heavy atom. The van der Waals surface area contributed by atoms with E-state index in [9.17, 15) is 4.79 Å². The van der Waals surface area contributed by atoms with Gasteiger partial charge in [-0.2, -0.15) is 0 Å². The number of Topliss-reactive ketones (excluding diaryl/α,β-unsaturated/α-hetero) is 1. The number of carbonyl (C=O) groups excluding carboxylic acids is 1. The van der Waals surface area contributed by atoms with Gasteiger partial charge in [0.05, 0.1) is 0 Å². The molecule has 0 fully saturated rings. The van der Waals surface area contributed by atoms with Gasteiger partial charge in [-0.25, -0.2) is 0 Å². The average Bonchev–Trinajstić information content (AvgIpc) is 2.10. The molecular weight excluding hydrogens is 172 g/mol. The Kier molecular flexibility index (Phi) is 9.02. The molecule has 0 saturated carbocycles. The topological polar surface area (TPSA) is 17.1 Å². The van der Waals surface area contributed by atoms with Crippen LogP contribution in [0.25, 0.3) is 0 Å². The monoisotopic (exact) mass is 197 g/mol. The van der Waals surface area contributed by atoms with Crippen LogP contribution in [-0.4, -0.2) is 5.78 Å². The predicted molar refractivity (Wildman–Crippen MR) is 62.1 cm³/mol. The van der Waals surface area contributed by atoms with Gasteiger partial charge < -0.3 is 0 Å². The van der Waals surface area contributed by atoms with Gasteiger partial charge in [0.1, 0.15) is 5.78 Å². The maximum Gasteiger partial charge on any atom is 0.133 e. The van der Waals surface area contributed by atoms with E-state index < -0.39 is 0 Å². The summed E-state index contributed by atoms with van der Waals surface area (Å²) in [4.78, 5) is 11.3. The summed E-state index contributed by atoms with van der Waals surface area (Å²) in [5, 5.41) is 0. The molecule has 0 amide bonds. The van der Waals surface area contributed by atoms with Crippen molar-refractivity contribution in [1.82, 2.24) is 0 Å². The molecule has 0 N–H and O–H groups in total. The van der Waals surface area contributed by atoms with E-state index in [1.54, 1.807) is 0 Å². The molecule has 0 atom stereocenters. The van der Waals surface area contributed by atoms with Crippen molar-refractivity contribution in [1.29, 1.82) is 0 Å².